The fraction of sp³-hybridized carbons (Fsp3) is 0.467. The van der Waals surface area contributed by atoms with Crippen molar-refractivity contribution in [3.63, 3.8) is 0 Å². The Bertz CT molecular complexity index is 1050. The largest absolute Gasteiger partial charge is 0.391 e. The summed E-state index contributed by atoms with van der Waals surface area (Å²) in [6.45, 7) is 6.49. The fourth-order valence-electron chi connectivity index (χ4n) is 5.17. The Morgan fingerprint density at radius 2 is 1.86 bits per heavy atom. The van der Waals surface area contributed by atoms with E-state index in [2.05, 4.69) is 30.6 Å². The molecule has 0 bridgehead atoms. The van der Waals surface area contributed by atoms with Gasteiger partial charge in [-0.15, -0.1) is 11.3 Å². The Labute approximate surface area is 225 Å². The first-order valence-electron chi connectivity index (χ1n) is 13.3. The van der Waals surface area contributed by atoms with Crippen LogP contribution in [0.1, 0.15) is 43.6 Å². The van der Waals surface area contributed by atoms with Gasteiger partial charge in [0.1, 0.15) is 0 Å². The molecule has 7 heteroatoms. The Hall–Kier alpha value is -2.74. The van der Waals surface area contributed by atoms with Crippen LogP contribution < -0.4 is 11.1 Å². The van der Waals surface area contributed by atoms with Crippen molar-refractivity contribution in [2.24, 2.45) is 17.1 Å². The molecule has 0 spiro atoms. The summed E-state index contributed by atoms with van der Waals surface area (Å²) in [6.07, 6.45) is 7.80. The molecule has 1 unspecified atom stereocenters. The molecule has 0 saturated heterocycles. The monoisotopic (exact) mass is 523 g/mol. The lowest BCUT2D eigenvalue weighted by Crippen LogP contribution is -2.51. The van der Waals surface area contributed by atoms with E-state index >= 15 is 0 Å². The predicted molar refractivity (Wildman–Crippen MR) is 151 cm³/mol. The topological polar surface area (TPSA) is 95.7 Å². The molecular formula is C30H41N3O3S. The molecule has 3 atom stereocenters. The number of nitrogens with two attached hydrogens (primary N) is 1. The summed E-state index contributed by atoms with van der Waals surface area (Å²) in [4.78, 5) is 29.8. The van der Waals surface area contributed by atoms with Gasteiger partial charge in [0.05, 0.1) is 11.5 Å². The molecule has 3 rings (SSSR count). The summed E-state index contributed by atoms with van der Waals surface area (Å²) in [5, 5.41) is 16.9. The van der Waals surface area contributed by atoms with Crippen molar-refractivity contribution >= 4 is 23.2 Å². The van der Waals surface area contributed by atoms with Crippen molar-refractivity contribution < 1.29 is 14.7 Å². The summed E-state index contributed by atoms with van der Waals surface area (Å²) in [5.41, 5.74) is 6.51. The molecule has 2 aromatic rings. The minimum absolute atomic E-state index is 0.0549. The zero-order valence-electron chi connectivity index (χ0n) is 22.1. The van der Waals surface area contributed by atoms with Gasteiger partial charge in [0.15, 0.2) is 0 Å². The second kappa shape index (κ2) is 14.3. The van der Waals surface area contributed by atoms with E-state index in [1.807, 2.05) is 41.3 Å². The van der Waals surface area contributed by atoms with Crippen LogP contribution in [0.3, 0.4) is 0 Å². The van der Waals surface area contributed by atoms with E-state index in [9.17, 15) is 14.7 Å². The van der Waals surface area contributed by atoms with Gasteiger partial charge in [0.25, 0.3) is 0 Å². The van der Waals surface area contributed by atoms with Crippen LogP contribution in [0.25, 0.3) is 0 Å². The highest BCUT2D eigenvalue weighted by molar-refractivity contribution is 7.09. The maximum atomic E-state index is 13.5. The zero-order valence-corrected chi connectivity index (χ0v) is 22.9. The zero-order chi connectivity index (χ0) is 26.7. The quantitative estimate of drug-likeness (QED) is 0.306. The smallest absolute Gasteiger partial charge is 0.249 e. The molecular weight excluding hydrogens is 482 g/mol. The summed E-state index contributed by atoms with van der Waals surface area (Å²) in [5.74, 6) is -1.07. The van der Waals surface area contributed by atoms with Crippen LogP contribution in [0.5, 0.6) is 0 Å². The number of aliphatic hydroxyl groups is 1. The Morgan fingerprint density at radius 3 is 2.49 bits per heavy atom. The maximum Gasteiger partial charge on any atom is 0.249 e. The SMILES string of the molecule is CCCN(CCC)C(=O)C1=CC=CC(C(N)=O)([C@H](Cc2ccccc2)[C@@H](O)CNCCc2cccs2)C1. The molecule has 1 aliphatic carbocycles. The second-order valence-corrected chi connectivity index (χ2v) is 10.9. The lowest BCUT2D eigenvalue weighted by molar-refractivity contribution is -0.132. The molecule has 0 radical (unpaired) electrons. The molecule has 4 N–H and O–H groups in total. The summed E-state index contributed by atoms with van der Waals surface area (Å²) in [7, 11) is 0. The number of hydrogen-bond donors (Lipinski definition) is 3. The van der Waals surface area contributed by atoms with E-state index in [0.717, 1.165) is 31.4 Å². The van der Waals surface area contributed by atoms with Crippen LogP contribution in [-0.4, -0.2) is 54.1 Å². The van der Waals surface area contributed by atoms with E-state index < -0.39 is 23.3 Å². The van der Waals surface area contributed by atoms with Crippen molar-refractivity contribution in [3.8, 4) is 0 Å². The second-order valence-electron chi connectivity index (χ2n) is 9.82. The summed E-state index contributed by atoms with van der Waals surface area (Å²) >= 11 is 1.71. The van der Waals surface area contributed by atoms with Crippen molar-refractivity contribution in [2.75, 3.05) is 26.2 Å². The van der Waals surface area contributed by atoms with Gasteiger partial charge in [-0.1, -0.05) is 68.5 Å². The van der Waals surface area contributed by atoms with Gasteiger partial charge in [-0.25, -0.2) is 0 Å². The molecule has 1 heterocycles. The van der Waals surface area contributed by atoms with Crippen LogP contribution in [0.4, 0.5) is 0 Å². The lowest BCUT2D eigenvalue weighted by Gasteiger charge is -2.41. The molecule has 200 valence electrons. The van der Waals surface area contributed by atoms with Crippen LogP contribution >= 0.6 is 11.3 Å². The Balaban J connectivity index is 1.84. The summed E-state index contributed by atoms with van der Waals surface area (Å²) < 4.78 is 0. The predicted octanol–water partition coefficient (Wildman–Crippen LogP) is 4.11. The van der Waals surface area contributed by atoms with Crippen LogP contribution in [0.2, 0.25) is 0 Å². The fourth-order valence-corrected chi connectivity index (χ4v) is 5.88. The summed E-state index contributed by atoms with van der Waals surface area (Å²) in [6, 6.07) is 14.0. The number of carbonyl (C=O) groups is 2. The van der Waals surface area contributed by atoms with Crippen LogP contribution in [-0.2, 0) is 22.4 Å². The van der Waals surface area contributed by atoms with Crippen LogP contribution in [0.15, 0.2) is 71.6 Å². The van der Waals surface area contributed by atoms with E-state index in [4.69, 9.17) is 5.73 Å². The normalized spacial score (nSPS) is 18.7. The van der Waals surface area contributed by atoms with E-state index in [1.165, 1.54) is 4.88 Å². The molecule has 37 heavy (non-hydrogen) atoms. The number of hydrogen-bond acceptors (Lipinski definition) is 5. The lowest BCUT2D eigenvalue weighted by atomic mass is 9.64. The third-order valence-electron chi connectivity index (χ3n) is 7.09. The minimum atomic E-state index is -1.17. The standard InChI is InChI=1S/C30H41N3O3S/c1-3-17-33(18-4-2)28(35)24-12-8-15-30(21-24,29(31)36)26(20-23-10-6-5-7-11-23)27(34)22-32-16-14-25-13-9-19-37-25/h5-13,15,19,26-27,32,34H,3-4,14,16-18,20-22H2,1-2H3,(H2,31,36)/t26-,27+,30?/m1/s1. The van der Waals surface area contributed by atoms with Gasteiger partial charge < -0.3 is 21.1 Å². The van der Waals surface area contributed by atoms with Crippen molar-refractivity contribution in [1.82, 2.24) is 10.2 Å². The van der Waals surface area contributed by atoms with Crippen molar-refractivity contribution in [2.45, 2.75) is 52.1 Å². The molecule has 2 amide bonds. The first-order valence-corrected chi connectivity index (χ1v) is 14.2. The highest BCUT2D eigenvalue weighted by atomic mass is 32.1. The third-order valence-corrected chi connectivity index (χ3v) is 8.02. The van der Waals surface area contributed by atoms with Gasteiger partial charge in [-0.05, 0) is 49.1 Å². The highest BCUT2D eigenvalue weighted by Crippen LogP contribution is 2.43. The Morgan fingerprint density at radius 1 is 1.14 bits per heavy atom. The molecule has 1 aromatic carbocycles. The number of carbonyl (C=O) groups excluding carboxylic acids is 2. The van der Waals surface area contributed by atoms with Gasteiger partial charge in [0.2, 0.25) is 11.8 Å². The van der Waals surface area contributed by atoms with E-state index in [-0.39, 0.29) is 12.3 Å². The van der Waals surface area contributed by atoms with Gasteiger partial charge in [0, 0.05) is 42.5 Å². The van der Waals surface area contributed by atoms with Crippen molar-refractivity contribution in [3.05, 3.63) is 82.1 Å². The molecule has 0 saturated carbocycles. The minimum Gasteiger partial charge on any atom is -0.391 e. The van der Waals surface area contributed by atoms with Crippen molar-refractivity contribution in [1.29, 1.82) is 0 Å². The average Bonchev–Trinajstić information content (AvgIpc) is 3.43. The third kappa shape index (κ3) is 7.63. The molecule has 0 fully saturated rings. The number of amides is 2. The first kappa shape index (κ1) is 28.8. The number of aliphatic hydroxyl groups excluding tert-OH is 1. The molecule has 1 aromatic heterocycles. The highest BCUT2D eigenvalue weighted by Gasteiger charge is 2.47. The molecule has 0 aliphatic heterocycles. The number of benzene rings is 1. The Kier molecular flexibility index (Phi) is 11.1. The van der Waals surface area contributed by atoms with E-state index in [0.29, 0.717) is 31.6 Å². The number of nitrogens with one attached hydrogen (secondary N) is 1. The molecule has 6 nitrogen and oxygen atoms in total. The number of rotatable bonds is 15. The first-order chi connectivity index (χ1) is 17.9. The van der Waals surface area contributed by atoms with E-state index in [1.54, 1.807) is 29.6 Å². The van der Waals surface area contributed by atoms with Gasteiger partial charge >= 0.3 is 0 Å². The van der Waals surface area contributed by atoms with Crippen LogP contribution in [0, 0.1) is 11.3 Å². The maximum absolute atomic E-state index is 13.5. The number of thiophene rings is 1. The average molecular weight is 524 g/mol. The number of allylic oxidation sites excluding steroid dienone is 2. The van der Waals surface area contributed by atoms with Gasteiger partial charge in [-0.3, -0.25) is 9.59 Å². The van der Waals surface area contributed by atoms with Gasteiger partial charge in [-0.2, -0.15) is 0 Å². The number of nitrogens with zero attached hydrogens (tertiary/aromatic N) is 1. The molecule has 1 aliphatic rings. The number of primary amides is 1.